The fraction of sp³-hybridized carbons (Fsp3) is 0.286. The molecule has 1 aliphatic heterocycles. The number of sulfonamides is 1. The van der Waals surface area contributed by atoms with Crippen molar-refractivity contribution in [1.82, 2.24) is 9.29 Å². The molecule has 1 aliphatic rings. The molecule has 0 aliphatic carbocycles. The first-order valence-electron chi connectivity index (χ1n) is 9.83. The monoisotopic (exact) mass is 484 g/mol. The fourth-order valence-corrected chi connectivity index (χ4v) is 4.93. The van der Waals surface area contributed by atoms with Crippen molar-refractivity contribution >= 4 is 20.9 Å². The van der Waals surface area contributed by atoms with E-state index in [9.17, 15) is 31.5 Å². The highest BCUT2D eigenvalue weighted by atomic mass is 32.2. The maximum Gasteiger partial charge on any atom is 0.416 e. The molecule has 0 fully saturated rings. The lowest BCUT2D eigenvalue weighted by Crippen LogP contribution is -2.35. The standard InChI is InChI=1S/C21H19F3N2O6S/c22-21(23,24)15-2-1-3-16(10-15)33(29,30)26(4-5-27)12-14-8-13-9-18-19(32-7-6-31-18)11-17(13)25-20(14)28/h1-3,8-11,27H,4-7,12H2,(H,25,28). The summed E-state index contributed by atoms with van der Waals surface area (Å²) in [5.41, 5.74) is -1.21. The second-order valence-electron chi connectivity index (χ2n) is 7.29. The lowest BCUT2D eigenvalue weighted by molar-refractivity contribution is -0.137. The number of hydrogen-bond donors (Lipinski definition) is 2. The van der Waals surface area contributed by atoms with Crippen LogP contribution in [0.1, 0.15) is 11.1 Å². The predicted octanol–water partition coefficient (Wildman–Crippen LogP) is 2.50. The molecule has 12 heteroatoms. The molecule has 1 aromatic heterocycles. The van der Waals surface area contributed by atoms with E-state index in [-0.39, 0.29) is 5.56 Å². The van der Waals surface area contributed by atoms with E-state index in [4.69, 9.17) is 9.47 Å². The van der Waals surface area contributed by atoms with Gasteiger partial charge < -0.3 is 19.6 Å². The van der Waals surface area contributed by atoms with Gasteiger partial charge in [-0.1, -0.05) is 6.07 Å². The average Bonchev–Trinajstić information content (AvgIpc) is 2.77. The number of benzene rings is 2. The summed E-state index contributed by atoms with van der Waals surface area (Å²) in [6.07, 6.45) is -4.73. The molecule has 2 heterocycles. The number of fused-ring (bicyclic) bond motifs is 2. The van der Waals surface area contributed by atoms with E-state index < -0.39 is 51.9 Å². The molecule has 0 saturated carbocycles. The Kier molecular flexibility index (Phi) is 6.08. The molecule has 0 unspecified atom stereocenters. The first-order valence-corrected chi connectivity index (χ1v) is 11.3. The van der Waals surface area contributed by atoms with E-state index in [0.29, 0.717) is 41.7 Å². The Balaban J connectivity index is 1.72. The number of ether oxygens (including phenoxy) is 2. The third kappa shape index (κ3) is 4.68. The number of aromatic amines is 1. The molecule has 0 amide bonds. The molecular formula is C21H19F3N2O6S. The zero-order valence-corrected chi connectivity index (χ0v) is 17.9. The molecule has 0 saturated heterocycles. The van der Waals surface area contributed by atoms with Crippen molar-refractivity contribution < 1.29 is 36.2 Å². The highest BCUT2D eigenvalue weighted by Crippen LogP contribution is 2.34. The zero-order valence-electron chi connectivity index (χ0n) is 17.1. The summed E-state index contributed by atoms with van der Waals surface area (Å²) in [7, 11) is -4.45. The topological polar surface area (TPSA) is 109 Å². The number of aliphatic hydroxyl groups is 1. The van der Waals surface area contributed by atoms with Crippen molar-refractivity contribution in [2.75, 3.05) is 26.4 Å². The van der Waals surface area contributed by atoms with E-state index in [1.54, 1.807) is 12.1 Å². The van der Waals surface area contributed by atoms with Crippen LogP contribution in [0.25, 0.3) is 10.9 Å². The number of H-pyrrole nitrogens is 1. The van der Waals surface area contributed by atoms with E-state index >= 15 is 0 Å². The average molecular weight is 484 g/mol. The van der Waals surface area contributed by atoms with Crippen LogP contribution < -0.4 is 15.0 Å². The van der Waals surface area contributed by atoms with Gasteiger partial charge in [-0.15, -0.1) is 0 Å². The minimum absolute atomic E-state index is 0.0446. The predicted molar refractivity (Wildman–Crippen MR) is 112 cm³/mol. The summed E-state index contributed by atoms with van der Waals surface area (Å²) in [4.78, 5) is 14.7. The Bertz CT molecular complexity index is 1350. The van der Waals surface area contributed by atoms with Gasteiger partial charge in [0, 0.05) is 30.1 Å². The molecule has 2 aromatic carbocycles. The molecule has 176 valence electrons. The number of hydrogen-bond acceptors (Lipinski definition) is 6. The van der Waals surface area contributed by atoms with Gasteiger partial charge in [0.2, 0.25) is 10.0 Å². The van der Waals surface area contributed by atoms with Gasteiger partial charge in [0.05, 0.1) is 22.6 Å². The number of nitrogens with zero attached hydrogens (tertiary/aromatic N) is 1. The SMILES string of the molecule is O=c1[nH]c2cc3c(cc2cc1CN(CCO)S(=O)(=O)c1cccc(C(F)(F)F)c1)OCCO3. The van der Waals surface area contributed by atoms with Crippen molar-refractivity contribution in [1.29, 1.82) is 0 Å². The van der Waals surface area contributed by atoms with Gasteiger partial charge in [0.25, 0.3) is 5.56 Å². The molecule has 4 rings (SSSR count). The van der Waals surface area contributed by atoms with Crippen molar-refractivity contribution in [2.45, 2.75) is 17.6 Å². The van der Waals surface area contributed by atoms with Crippen LogP contribution in [-0.4, -0.2) is 49.2 Å². The fourth-order valence-electron chi connectivity index (χ4n) is 3.47. The number of aromatic nitrogens is 1. The smallest absolute Gasteiger partial charge is 0.416 e. The van der Waals surface area contributed by atoms with E-state index in [2.05, 4.69) is 4.98 Å². The largest absolute Gasteiger partial charge is 0.486 e. The Morgan fingerprint density at radius 1 is 1.06 bits per heavy atom. The number of halogens is 3. The van der Waals surface area contributed by atoms with Crippen molar-refractivity contribution in [3.8, 4) is 11.5 Å². The minimum Gasteiger partial charge on any atom is -0.486 e. The molecule has 8 nitrogen and oxygen atoms in total. The molecule has 2 N–H and O–H groups in total. The summed E-state index contributed by atoms with van der Waals surface area (Å²) < 4.78 is 77.1. The van der Waals surface area contributed by atoms with Crippen LogP contribution in [0.15, 0.2) is 52.2 Å². The Morgan fingerprint density at radius 3 is 2.42 bits per heavy atom. The van der Waals surface area contributed by atoms with E-state index in [1.165, 1.54) is 6.07 Å². The molecule has 33 heavy (non-hydrogen) atoms. The van der Waals surface area contributed by atoms with Gasteiger partial charge in [-0.05, 0) is 30.3 Å². The Hall–Kier alpha value is -3.09. The summed E-state index contributed by atoms with van der Waals surface area (Å²) in [5, 5.41) is 9.93. The molecule has 3 aromatic rings. The third-order valence-electron chi connectivity index (χ3n) is 5.08. The van der Waals surface area contributed by atoms with Crippen molar-refractivity contribution in [2.24, 2.45) is 0 Å². The Labute approximate surface area is 186 Å². The summed E-state index contributed by atoms with van der Waals surface area (Å²) in [5.74, 6) is 0.932. The number of aliphatic hydroxyl groups excluding tert-OH is 1. The zero-order chi connectivity index (χ0) is 23.8. The van der Waals surface area contributed by atoms with Crippen LogP contribution >= 0.6 is 0 Å². The second-order valence-corrected chi connectivity index (χ2v) is 9.23. The minimum atomic E-state index is -4.73. The molecule has 0 spiro atoms. The number of alkyl halides is 3. The van der Waals surface area contributed by atoms with Crippen LogP contribution in [0.3, 0.4) is 0 Å². The Morgan fingerprint density at radius 2 is 1.76 bits per heavy atom. The second kappa shape index (κ2) is 8.69. The maximum absolute atomic E-state index is 13.1. The number of nitrogens with one attached hydrogen (secondary N) is 1. The van der Waals surface area contributed by atoms with Crippen LogP contribution in [0, 0.1) is 0 Å². The molecule has 0 atom stereocenters. The summed E-state index contributed by atoms with van der Waals surface area (Å²) >= 11 is 0. The van der Waals surface area contributed by atoms with Gasteiger partial charge in [0.15, 0.2) is 11.5 Å². The maximum atomic E-state index is 13.1. The van der Waals surface area contributed by atoms with Gasteiger partial charge in [-0.3, -0.25) is 4.79 Å². The van der Waals surface area contributed by atoms with E-state index in [1.807, 2.05) is 0 Å². The lowest BCUT2D eigenvalue weighted by Gasteiger charge is -2.22. The number of rotatable bonds is 6. The van der Waals surface area contributed by atoms with Crippen LogP contribution in [0.2, 0.25) is 0 Å². The highest BCUT2D eigenvalue weighted by Gasteiger charge is 2.33. The molecule has 0 bridgehead atoms. The quantitative estimate of drug-likeness (QED) is 0.557. The lowest BCUT2D eigenvalue weighted by atomic mass is 10.1. The highest BCUT2D eigenvalue weighted by molar-refractivity contribution is 7.89. The normalized spacial score (nSPS) is 14.1. The number of pyridine rings is 1. The van der Waals surface area contributed by atoms with Crippen LogP contribution in [-0.2, 0) is 22.7 Å². The van der Waals surface area contributed by atoms with Gasteiger partial charge in [-0.2, -0.15) is 17.5 Å². The van der Waals surface area contributed by atoms with Crippen LogP contribution in [0.4, 0.5) is 13.2 Å². The van der Waals surface area contributed by atoms with Crippen molar-refractivity contribution in [3.63, 3.8) is 0 Å². The van der Waals surface area contributed by atoms with Gasteiger partial charge in [0.1, 0.15) is 13.2 Å². The summed E-state index contributed by atoms with van der Waals surface area (Å²) in [6.45, 7) is -0.753. The molecular weight excluding hydrogens is 465 g/mol. The van der Waals surface area contributed by atoms with Crippen molar-refractivity contribution in [3.05, 3.63) is 63.9 Å². The first kappa shape index (κ1) is 23.1. The third-order valence-corrected chi connectivity index (χ3v) is 6.92. The van der Waals surface area contributed by atoms with Gasteiger partial charge >= 0.3 is 6.18 Å². The first-order chi connectivity index (χ1) is 15.6. The molecule has 0 radical (unpaired) electrons. The van der Waals surface area contributed by atoms with E-state index in [0.717, 1.165) is 22.5 Å². The van der Waals surface area contributed by atoms with Crippen LogP contribution in [0.5, 0.6) is 11.5 Å². The van der Waals surface area contributed by atoms with Gasteiger partial charge in [-0.25, -0.2) is 8.42 Å². The summed E-state index contributed by atoms with van der Waals surface area (Å²) in [6, 6.07) is 8.01.